The van der Waals surface area contributed by atoms with E-state index in [1.54, 1.807) is 11.8 Å². The van der Waals surface area contributed by atoms with Crippen molar-refractivity contribution in [2.45, 2.75) is 51.0 Å². The molecular formula is C15H23N3O3S. The molecule has 1 aromatic rings. The van der Waals surface area contributed by atoms with Crippen LogP contribution in [0, 0.1) is 5.92 Å². The number of rotatable bonds is 6. The van der Waals surface area contributed by atoms with Crippen LogP contribution < -0.4 is 5.32 Å². The Morgan fingerprint density at radius 3 is 2.82 bits per heavy atom. The van der Waals surface area contributed by atoms with Gasteiger partial charge in [0.2, 0.25) is 11.8 Å². The lowest BCUT2D eigenvalue weighted by Crippen LogP contribution is -2.16. The van der Waals surface area contributed by atoms with Crippen LogP contribution in [-0.2, 0) is 9.53 Å². The summed E-state index contributed by atoms with van der Waals surface area (Å²) in [5, 5.41) is 10.5. The van der Waals surface area contributed by atoms with Gasteiger partial charge in [-0.05, 0) is 37.4 Å². The minimum Gasteiger partial charge on any atom is -0.405 e. The average Bonchev–Trinajstić information content (AvgIpc) is 3.19. The predicted octanol–water partition coefficient (Wildman–Crippen LogP) is 3.17. The highest BCUT2D eigenvalue weighted by molar-refractivity contribution is 7.99. The summed E-state index contributed by atoms with van der Waals surface area (Å²) < 4.78 is 10.9. The van der Waals surface area contributed by atoms with E-state index in [1.807, 2.05) is 0 Å². The van der Waals surface area contributed by atoms with Crippen LogP contribution in [0.1, 0.15) is 56.9 Å². The van der Waals surface area contributed by atoms with Gasteiger partial charge in [-0.15, -0.1) is 5.10 Å². The van der Waals surface area contributed by atoms with Crippen molar-refractivity contribution in [2.75, 3.05) is 23.4 Å². The third-order valence-corrected chi connectivity index (χ3v) is 5.38. The van der Waals surface area contributed by atoms with E-state index < -0.39 is 0 Å². The molecule has 0 unspecified atom stereocenters. The number of nitrogens with zero attached hydrogens (tertiary/aromatic N) is 2. The standard InChI is InChI=1S/C15H23N3O3S/c19-13(10-22-9-11-5-2-1-3-6-11)16-15-18-17-14(21-15)12-7-4-8-20-12/h11-12H,1-10H2,(H,16,18,19)/t12-/m0/s1. The molecule has 1 aliphatic heterocycles. The van der Waals surface area contributed by atoms with Gasteiger partial charge in [-0.2, -0.15) is 11.8 Å². The van der Waals surface area contributed by atoms with Crippen LogP contribution in [0.15, 0.2) is 4.42 Å². The molecule has 1 N–H and O–H groups in total. The van der Waals surface area contributed by atoms with E-state index in [4.69, 9.17) is 9.15 Å². The summed E-state index contributed by atoms with van der Waals surface area (Å²) in [5.74, 6) is 2.67. The first kappa shape index (κ1) is 15.8. The number of aromatic nitrogens is 2. The van der Waals surface area contributed by atoms with E-state index in [0.29, 0.717) is 11.6 Å². The molecule has 1 aliphatic carbocycles. The van der Waals surface area contributed by atoms with Crippen LogP contribution >= 0.6 is 11.8 Å². The molecule has 1 aromatic heterocycles. The number of nitrogens with one attached hydrogen (secondary N) is 1. The van der Waals surface area contributed by atoms with Crippen molar-refractivity contribution in [1.82, 2.24) is 10.2 Å². The van der Waals surface area contributed by atoms with Gasteiger partial charge in [0.25, 0.3) is 0 Å². The lowest BCUT2D eigenvalue weighted by atomic mass is 9.91. The van der Waals surface area contributed by atoms with E-state index in [0.717, 1.165) is 31.1 Å². The Labute approximate surface area is 134 Å². The molecule has 0 bridgehead atoms. The number of thioether (sulfide) groups is 1. The van der Waals surface area contributed by atoms with E-state index in [9.17, 15) is 4.79 Å². The Kier molecular flexibility index (Phi) is 5.72. The molecule has 2 aliphatic rings. The Morgan fingerprint density at radius 1 is 1.18 bits per heavy atom. The third-order valence-electron chi connectivity index (χ3n) is 4.20. The van der Waals surface area contributed by atoms with Crippen molar-refractivity contribution < 1.29 is 13.9 Å². The largest absolute Gasteiger partial charge is 0.405 e. The SMILES string of the molecule is O=C(CSCC1CCCCC1)Nc1nnc([C@@H]2CCCO2)o1. The molecule has 3 rings (SSSR count). The predicted molar refractivity (Wildman–Crippen MR) is 84.8 cm³/mol. The van der Waals surface area contributed by atoms with Crippen molar-refractivity contribution in [1.29, 1.82) is 0 Å². The van der Waals surface area contributed by atoms with Gasteiger partial charge in [-0.3, -0.25) is 10.1 Å². The molecule has 1 saturated heterocycles. The van der Waals surface area contributed by atoms with Crippen LogP contribution in [0.5, 0.6) is 0 Å². The van der Waals surface area contributed by atoms with Crippen molar-refractivity contribution in [3.63, 3.8) is 0 Å². The Bertz CT molecular complexity index is 482. The third kappa shape index (κ3) is 4.46. The molecule has 122 valence electrons. The summed E-state index contributed by atoms with van der Waals surface area (Å²) in [6.45, 7) is 0.729. The molecule has 0 aromatic carbocycles. The Morgan fingerprint density at radius 2 is 2.05 bits per heavy atom. The number of carbonyl (C=O) groups is 1. The van der Waals surface area contributed by atoms with Gasteiger partial charge in [-0.1, -0.05) is 24.4 Å². The van der Waals surface area contributed by atoms with Crippen LogP contribution in [0.25, 0.3) is 0 Å². The second kappa shape index (κ2) is 7.97. The second-order valence-corrected chi connectivity index (χ2v) is 7.04. The Balaban J connectivity index is 1.37. The van der Waals surface area contributed by atoms with Crippen LogP contribution in [0.2, 0.25) is 0 Å². The van der Waals surface area contributed by atoms with Crippen LogP contribution in [0.3, 0.4) is 0 Å². The maximum atomic E-state index is 11.9. The molecule has 2 fully saturated rings. The maximum absolute atomic E-state index is 11.9. The van der Waals surface area contributed by atoms with Gasteiger partial charge in [0, 0.05) is 6.61 Å². The van der Waals surface area contributed by atoms with E-state index in [2.05, 4.69) is 15.5 Å². The minimum atomic E-state index is -0.112. The van der Waals surface area contributed by atoms with E-state index in [1.165, 1.54) is 32.1 Å². The van der Waals surface area contributed by atoms with Crippen molar-refractivity contribution in [3.05, 3.63) is 5.89 Å². The van der Waals surface area contributed by atoms with Gasteiger partial charge < -0.3 is 9.15 Å². The van der Waals surface area contributed by atoms with E-state index in [-0.39, 0.29) is 18.0 Å². The van der Waals surface area contributed by atoms with Gasteiger partial charge >= 0.3 is 6.01 Å². The molecule has 1 saturated carbocycles. The summed E-state index contributed by atoms with van der Waals surface area (Å²) in [5.41, 5.74) is 0. The quantitative estimate of drug-likeness (QED) is 0.865. The summed E-state index contributed by atoms with van der Waals surface area (Å²) >= 11 is 1.69. The molecule has 6 nitrogen and oxygen atoms in total. The second-order valence-electron chi connectivity index (χ2n) is 6.01. The van der Waals surface area contributed by atoms with Gasteiger partial charge in [-0.25, -0.2) is 0 Å². The average molecular weight is 325 g/mol. The highest BCUT2D eigenvalue weighted by atomic mass is 32.2. The lowest BCUT2D eigenvalue weighted by molar-refractivity contribution is -0.113. The maximum Gasteiger partial charge on any atom is 0.322 e. The molecule has 1 amide bonds. The normalized spacial score (nSPS) is 22.8. The fourth-order valence-corrected chi connectivity index (χ4v) is 4.06. The first-order chi connectivity index (χ1) is 10.8. The molecule has 1 atom stereocenters. The molecule has 2 heterocycles. The number of anilines is 1. The zero-order chi connectivity index (χ0) is 15.2. The summed E-state index contributed by atoms with van der Waals surface area (Å²) in [6.07, 6.45) is 8.45. The van der Waals surface area contributed by atoms with Crippen LogP contribution in [0.4, 0.5) is 6.01 Å². The Hall–Kier alpha value is -1.08. The zero-order valence-corrected chi connectivity index (χ0v) is 13.6. The molecule has 22 heavy (non-hydrogen) atoms. The van der Waals surface area contributed by atoms with Crippen molar-refractivity contribution in [2.24, 2.45) is 5.92 Å². The summed E-state index contributed by atoms with van der Waals surface area (Å²) in [6, 6.07) is 0.175. The highest BCUT2D eigenvalue weighted by Gasteiger charge is 2.24. The first-order valence-corrected chi connectivity index (χ1v) is 9.29. The number of amides is 1. The highest BCUT2D eigenvalue weighted by Crippen LogP contribution is 2.28. The zero-order valence-electron chi connectivity index (χ0n) is 12.8. The fourth-order valence-electron chi connectivity index (χ4n) is 3.02. The fraction of sp³-hybridized carbons (Fsp3) is 0.800. The molecule has 0 spiro atoms. The van der Waals surface area contributed by atoms with Gasteiger partial charge in [0.1, 0.15) is 6.10 Å². The van der Waals surface area contributed by atoms with Crippen molar-refractivity contribution >= 4 is 23.7 Å². The lowest BCUT2D eigenvalue weighted by Gasteiger charge is -2.20. The monoisotopic (exact) mass is 325 g/mol. The molecule has 7 heteroatoms. The first-order valence-electron chi connectivity index (χ1n) is 8.14. The topological polar surface area (TPSA) is 77.2 Å². The minimum absolute atomic E-state index is 0.0802. The van der Waals surface area contributed by atoms with Gasteiger partial charge in [0.05, 0.1) is 5.75 Å². The van der Waals surface area contributed by atoms with Gasteiger partial charge in [0.15, 0.2) is 0 Å². The van der Waals surface area contributed by atoms with E-state index >= 15 is 0 Å². The smallest absolute Gasteiger partial charge is 0.322 e. The molecular weight excluding hydrogens is 302 g/mol. The number of hydrogen-bond donors (Lipinski definition) is 1. The number of hydrogen-bond acceptors (Lipinski definition) is 6. The number of carbonyl (C=O) groups excluding carboxylic acids is 1. The summed E-state index contributed by atoms with van der Waals surface area (Å²) in [4.78, 5) is 11.9. The summed E-state index contributed by atoms with van der Waals surface area (Å²) in [7, 11) is 0. The van der Waals surface area contributed by atoms with Crippen LogP contribution in [-0.4, -0.2) is 34.2 Å². The van der Waals surface area contributed by atoms with Crippen molar-refractivity contribution in [3.8, 4) is 0 Å². The molecule has 0 radical (unpaired) electrons. The number of ether oxygens (including phenoxy) is 1.